The number of aromatic nitrogens is 1. The second-order valence-electron chi connectivity index (χ2n) is 2.66. The van der Waals surface area contributed by atoms with Crippen LogP contribution >= 0.6 is 15.9 Å². The number of aryl methyl sites for hydroxylation is 1. The van der Waals surface area contributed by atoms with Crippen LogP contribution in [-0.4, -0.2) is 25.7 Å². The van der Waals surface area contributed by atoms with Crippen molar-refractivity contribution in [2.45, 2.75) is 0 Å². The van der Waals surface area contributed by atoms with Crippen LogP contribution in [0.5, 0.6) is 0 Å². The quantitative estimate of drug-likeness (QED) is 0.634. The molecular weight excluding hydrogens is 325 g/mol. The molecule has 1 aliphatic heterocycles. The summed E-state index contributed by atoms with van der Waals surface area (Å²) >= 11 is 2.89. The van der Waals surface area contributed by atoms with Crippen molar-refractivity contribution in [2.24, 2.45) is 7.05 Å². The molecule has 1 aromatic rings. The summed E-state index contributed by atoms with van der Waals surface area (Å²) in [7, 11) is 1.78. The van der Waals surface area contributed by atoms with Crippen LogP contribution in [-0.2, 0) is 7.05 Å². The van der Waals surface area contributed by atoms with Gasteiger partial charge in [-0.25, -0.2) is 0 Å². The van der Waals surface area contributed by atoms with E-state index in [-0.39, 0.29) is 5.56 Å². The summed E-state index contributed by atoms with van der Waals surface area (Å²) in [6.07, 6.45) is 3.82. The first-order chi connectivity index (χ1) is 5.70. The van der Waals surface area contributed by atoms with Crippen LogP contribution in [0.1, 0.15) is 5.56 Å². The average Bonchev–Trinajstić information content (AvgIpc) is 2.48. The number of fused-ring (bicyclic) bond motifs is 1. The Bertz CT molecular complexity index is 422. The van der Waals surface area contributed by atoms with E-state index in [1.54, 1.807) is 11.6 Å². The maximum absolute atomic E-state index is 11.5. The molecule has 0 fully saturated rings. The Morgan fingerprint density at radius 3 is 3.08 bits per heavy atom. The molecule has 0 aliphatic carbocycles. The van der Waals surface area contributed by atoms with Crippen molar-refractivity contribution in [2.75, 3.05) is 0 Å². The van der Waals surface area contributed by atoms with Gasteiger partial charge < -0.3 is 0 Å². The monoisotopic (exact) mass is 331 g/mol. The van der Waals surface area contributed by atoms with Crippen molar-refractivity contribution < 1.29 is 0 Å². The number of hydrogen-bond acceptors (Lipinski definition) is 1. The van der Waals surface area contributed by atoms with Crippen molar-refractivity contribution in [1.29, 1.82) is 0 Å². The zero-order valence-corrected chi connectivity index (χ0v) is 10.9. The van der Waals surface area contributed by atoms with E-state index >= 15 is 0 Å². The molecule has 4 heteroatoms. The molecule has 0 saturated heterocycles. The van der Waals surface area contributed by atoms with Gasteiger partial charge in [0.2, 0.25) is 0 Å². The Morgan fingerprint density at radius 2 is 2.33 bits per heavy atom. The molecule has 0 amide bonds. The molecule has 0 saturated carbocycles. The molecule has 0 spiro atoms. The number of hydrogen-bond donors (Lipinski definition) is 0. The third-order valence-electron chi connectivity index (χ3n) is 1.84. The first-order valence-corrected chi connectivity index (χ1v) is 7.39. The summed E-state index contributed by atoms with van der Waals surface area (Å²) in [6.45, 7) is 0. The van der Waals surface area contributed by atoms with Crippen molar-refractivity contribution in [1.82, 2.24) is 4.57 Å². The normalized spacial score (nSPS) is 13.5. The molecule has 12 heavy (non-hydrogen) atoms. The summed E-state index contributed by atoms with van der Waals surface area (Å²) in [5.41, 5.74) is 1.03. The summed E-state index contributed by atoms with van der Waals surface area (Å²) in [5.74, 6) is 0. The molecular formula is C8H6BrNOSn. The van der Waals surface area contributed by atoms with Gasteiger partial charge in [0.05, 0.1) is 0 Å². The molecule has 60 valence electrons. The van der Waals surface area contributed by atoms with Gasteiger partial charge in [-0.3, -0.25) is 0 Å². The second-order valence-corrected chi connectivity index (χ2v) is 6.72. The molecule has 2 nitrogen and oxygen atoms in total. The SMILES string of the molecule is Cn1cc(Br)[c]2c(c1=O)C=[CH][Sn]2. The average molecular weight is 331 g/mol. The molecule has 0 N–H and O–H groups in total. The Labute approximate surface area is 88.6 Å². The molecule has 0 aromatic carbocycles. The standard InChI is InChI=1S/C8H6BrNO.Sn/c1-3-6-4-7(9)5-10(2)8(6)11;/h1,3,5H,2H3;. The van der Waals surface area contributed by atoms with Gasteiger partial charge >= 0.3 is 89.0 Å². The van der Waals surface area contributed by atoms with Crippen LogP contribution in [0.2, 0.25) is 0 Å². The molecule has 1 aromatic heterocycles. The van der Waals surface area contributed by atoms with Crippen molar-refractivity contribution in [3.05, 3.63) is 30.7 Å². The Morgan fingerprint density at radius 1 is 1.58 bits per heavy atom. The minimum atomic E-state index is -0.580. The van der Waals surface area contributed by atoms with Crippen molar-refractivity contribution in [3.8, 4) is 0 Å². The second kappa shape index (κ2) is 3.03. The molecule has 0 atom stereocenters. The van der Waals surface area contributed by atoms with E-state index in [2.05, 4.69) is 20.0 Å². The molecule has 0 bridgehead atoms. The summed E-state index contributed by atoms with van der Waals surface area (Å²) < 4.78 is 6.18. The van der Waals surface area contributed by atoms with E-state index in [9.17, 15) is 4.79 Å². The zero-order valence-electron chi connectivity index (χ0n) is 6.47. The fourth-order valence-corrected chi connectivity index (χ4v) is 5.27. The van der Waals surface area contributed by atoms with Crippen LogP contribution in [0.4, 0.5) is 0 Å². The van der Waals surface area contributed by atoms with Gasteiger partial charge in [-0.1, -0.05) is 0 Å². The predicted molar refractivity (Wildman–Crippen MR) is 53.8 cm³/mol. The molecule has 2 rings (SSSR count). The van der Waals surface area contributed by atoms with Crippen LogP contribution in [0.25, 0.3) is 6.08 Å². The van der Waals surface area contributed by atoms with Gasteiger partial charge in [-0.2, -0.15) is 0 Å². The Kier molecular flexibility index (Phi) is 2.16. The summed E-state index contributed by atoms with van der Waals surface area (Å²) in [5, 5.41) is 0. The van der Waals surface area contributed by atoms with Gasteiger partial charge in [-0.05, 0) is 0 Å². The first-order valence-electron chi connectivity index (χ1n) is 3.52. The fraction of sp³-hybridized carbons (Fsp3) is 0.125. The van der Waals surface area contributed by atoms with E-state index in [4.69, 9.17) is 0 Å². The van der Waals surface area contributed by atoms with Gasteiger partial charge in [0, 0.05) is 0 Å². The zero-order chi connectivity index (χ0) is 8.72. The van der Waals surface area contributed by atoms with Crippen molar-refractivity contribution in [3.63, 3.8) is 0 Å². The molecule has 2 radical (unpaired) electrons. The van der Waals surface area contributed by atoms with E-state index in [1.807, 2.05) is 12.3 Å². The fourth-order valence-electron chi connectivity index (χ4n) is 1.23. The third-order valence-corrected chi connectivity index (χ3v) is 6.80. The number of rotatable bonds is 0. The molecule has 2 heterocycles. The topological polar surface area (TPSA) is 22.0 Å². The maximum atomic E-state index is 11.5. The molecule has 0 unspecified atom stereocenters. The predicted octanol–water partition coefficient (Wildman–Crippen LogP) is 0.462. The van der Waals surface area contributed by atoms with Crippen LogP contribution in [0.3, 0.4) is 0 Å². The summed E-state index contributed by atoms with van der Waals surface area (Å²) in [6, 6.07) is 0. The van der Waals surface area contributed by atoms with Gasteiger partial charge in [-0.15, -0.1) is 0 Å². The van der Waals surface area contributed by atoms with E-state index in [0.29, 0.717) is 0 Å². The van der Waals surface area contributed by atoms with Gasteiger partial charge in [0.25, 0.3) is 0 Å². The van der Waals surface area contributed by atoms with Crippen LogP contribution in [0.15, 0.2) is 19.6 Å². The van der Waals surface area contributed by atoms with E-state index in [0.717, 1.165) is 10.0 Å². The van der Waals surface area contributed by atoms with E-state index in [1.165, 1.54) is 3.58 Å². The Balaban J connectivity index is 2.84. The Hall–Kier alpha value is -0.0313. The number of nitrogens with zero attached hydrogens (tertiary/aromatic N) is 1. The third kappa shape index (κ3) is 1.19. The van der Waals surface area contributed by atoms with Gasteiger partial charge in [0.15, 0.2) is 0 Å². The van der Waals surface area contributed by atoms with Gasteiger partial charge in [0.1, 0.15) is 0 Å². The first kappa shape index (κ1) is 8.56. The van der Waals surface area contributed by atoms with Crippen LogP contribution in [0, 0.1) is 0 Å². The number of halogens is 1. The number of pyridine rings is 1. The van der Waals surface area contributed by atoms with Crippen LogP contribution < -0.4 is 9.14 Å². The minimum absolute atomic E-state index is 0.128. The van der Waals surface area contributed by atoms with Crippen molar-refractivity contribution >= 4 is 46.7 Å². The van der Waals surface area contributed by atoms with E-state index < -0.39 is 21.1 Å². The summed E-state index contributed by atoms with van der Waals surface area (Å²) in [4.78, 5) is 11.5. The molecule has 1 aliphatic rings.